The predicted molar refractivity (Wildman–Crippen MR) is 70.6 cm³/mol. The molecule has 1 aromatic rings. The highest BCUT2D eigenvalue weighted by Gasteiger charge is 2.14. The van der Waals surface area contributed by atoms with Gasteiger partial charge in [0.05, 0.1) is 0 Å². The minimum absolute atomic E-state index is 0.212. The van der Waals surface area contributed by atoms with Crippen LogP contribution in [0.4, 0.5) is 5.69 Å². The van der Waals surface area contributed by atoms with Crippen molar-refractivity contribution < 1.29 is 0 Å². The first kappa shape index (κ1) is 12.4. The van der Waals surface area contributed by atoms with Crippen LogP contribution in [0, 0.1) is 0 Å². The Morgan fingerprint density at radius 1 is 1.20 bits per heavy atom. The lowest BCUT2D eigenvalue weighted by molar-refractivity contribution is 0.802. The van der Waals surface area contributed by atoms with Gasteiger partial charge in [0, 0.05) is 15.3 Å². The van der Waals surface area contributed by atoms with Crippen LogP contribution in [0.2, 0.25) is 0 Å². The standard InChI is InChI=1S/C13H21NS/c1-9(2)10-6-7-11(14)12(8-10)15-13(3,4)5/h6-9H,14H2,1-5H3. The predicted octanol–water partition coefficient (Wildman–Crippen LogP) is 4.28. The molecule has 1 nitrogen and oxygen atoms in total. The highest BCUT2D eigenvalue weighted by molar-refractivity contribution is 8.00. The van der Waals surface area contributed by atoms with E-state index in [0.29, 0.717) is 5.92 Å². The fraction of sp³-hybridized carbons (Fsp3) is 0.538. The topological polar surface area (TPSA) is 26.0 Å². The van der Waals surface area contributed by atoms with Crippen molar-refractivity contribution in [3.8, 4) is 0 Å². The molecule has 84 valence electrons. The molecular weight excluding hydrogens is 202 g/mol. The van der Waals surface area contributed by atoms with Crippen LogP contribution in [0.3, 0.4) is 0 Å². The van der Waals surface area contributed by atoms with Gasteiger partial charge in [0.15, 0.2) is 0 Å². The third-order valence-electron chi connectivity index (χ3n) is 2.12. The van der Waals surface area contributed by atoms with Gasteiger partial charge in [-0.05, 0) is 23.6 Å². The second-order valence-electron chi connectivity index (χ2n) is 5.17. The second-order valence-corrected chi connectivity index (χ2v) is 7.04. The van der Waals surface area contributed by atoms with Crippen molar-refractivity contribution >= 4 is 17.4 Å². The average Bonchev–Trinajstić information content (AvgIpc) is 2.06. The molecule has 0 unspecified atom stereocenters. The van der Waals surface area contributed by atoms with Gasteiger partial charge in [-0.1, -0.05) is 40.7 Å². The Kier molecular flexibility index (Phi) is 3.72. The first-order valence-corrected chi connectivity index (χ1v) is 6.19. The molecule has 15 heavy (non-hydrogen) atoms. The van der Waals surface area contributed by atoms with Gasteiger partial charge >= 0.3 is 0 Å². The van der Waals surface area contributed by atoms with Crippen LogP contribution in [-0.4, -0.2) is 4.75 Å². The maximum Gasteiger partial charge on any atom is 0.0452 e. The van der Waals surface area contributed by atoms with E-state index in [4.69, 9.17) is 5.73 Å². The van der Waals surface area contributed by atoms with Crippen molar-refractivity contribution in [2.24, 2.45) is 0 Å². The number of thioether (sulfide) groups is 1. The maximum atomic E-state index is 5.98. The molecule has 1 rings (SSSR count). The Bertz CT molecular complexity index is 337. The summed E-state index contributed by atoms with van der Waals surface area (Å²) in [6.45, 7) is 11.0. The zero-order valence-electron chi connectivity index (χ0n) is 10.3. The van der Waals surface area contributed by atoms with Crippen LogP contribution >= 0.6 is 11.8 Å². The smallest absolute Gasteiger partial charge is 0.0452 e. The van der Waals surface area contributed by atoms with E-state index in [-0.39, 0.29) is 4.75 Å². The highest BCUT2D eigenvalue weighted by Crippen LogP contribution is 2.36. The molecule has 0 saturated heterocycles. The maximum absolute atomic E-state index is 5.98. The number of rotatable bonds is 2. The van der Waals surface area contributed by atoms with E-state index in [0.717, 1.165) is 5.69 Å². The van der Waals surface area contributed by atoms with E-state index >= 15 is 0 Å². The average molecular weight is 223 g/mol. The van der Waals surface area contributed by atoms with Crippen LogP contribution in [0.1, 0.15) is 46.1 Å². The van der Waals surface area contributed by atoms with Crippen LogP contribution in [0.25, 0.3) is 0 Å². The molecule has 2 N–H and O–H groups in total. The Morgan fingerprint density at radius 3 is 2.27 bits per heavy atom. The number of anilines is 1. The molecule has 0 fully saturated rings. The molecule has 0 aromatic heterocycles. The van der Waals surface area contributed by atoms with Gasteiger partial charge in [-0.3, -0.25) is 0 Å². The number of hydrogen-bond acceptors (Lipinski definition) is 2. The Morgan fingerprint density at radius 2 is 1.80 bits per heavy atom. The van der Waals surface area contributed by atoms with Gasteiger partial charge in [-0.15, -0.1) is 11.8 Å². The van der Waals surface area contributed by atoms with Crippen LogP contribution in [0.15, 0.2) is 23.1 Å². The summed E-state index contributed by atoms with van der Waals surface area (Å²) in [4.78, 5) is 1.20. The van der Waals surface area contributed by atoms with Crippen LogP contribution < -0.4 is 5.73 Å². The van der Waals surface area contributed by atoms with Crippen molar-refractivity contribution in [2.45, 2.75) is 50.2 Å². The summed E-state index contributed by atoms with van der Waals surface area (Å²) in [5.74, 6) is 0.560. The van der Waals surface area contributed by atoms with E-state index < -0.39 is 0 Å². The molecule has 0 heterocycles. The van der Waals surface area contributed by atoms with E-state index in [1.807, 2.05) is 17.8 Å². The largest absolute Gasteiger partial charge is 0.398 e. The number of benzene rings is 1. The first-order valence-electron chi connectivity index (χ1n) is 5.38. The van der Waals surface area contributed by atoms with Gasteiger partial charge < -0.3 is 5.73 Å². The molecule has 0 spiro atoms. The summed E-state index contributed by atoms with van der Waals surface area (Å²) >= 11 is 1.83. The van der Waals surface area contributed by atoms with Gasteiger partial charge in [0.2, 0.25) is 0 Å². The third kappa shape index (κ3) is 3.78. The molecule has 1 aromatic carbocycles. The number of hydrogen-bond donors (Lipinski definition) is 1. The summed E-state index contributed by atoms with van der Waals surface area (Å²) in [6.07, 6.45) is 0. The van der Waals surface area contributed by atoms with Crippen molar-refractivity contribution in [2.75, 3.05) is 5.73 Å². The normalized spacial score (nSPS) is 12.1. The Balaban J connectivity index is 3.01. The summed E-state index contributed by atoms with van der Waals surface area (Å²) in [6, 6.07) is 6.35. The minimum Gasteiger partial charge on any atom is -0.398 e. The van der Waals surface area contributed by atoms with Crippen LogP contribution in [0.5, 0.6) is 0 Å². The molecule has 0 saturated carbocycles. The SMILES string of the molecule is CC(C)c1ccc(N)c(SC(C)(C)C)c1. The Labute approximate surface area is 97.4 Å². The van der Waals surface area contributed by atoms with E-state index in [9.17, 15) is 0 Å². The summed E-state index contributed by atoms with van der Waals surface area (Å²) in [7, 11) is 0. The van der Waals surface area contributed by atoms with Crippen molar-refractivity contribution in [3.05, 3.63) is 23.8 Å². The number of nitrogens with two attached hydrogens (primary N) is 1. The first-order chi connectivity index (χ1) is 6.79. The lowest BCUT2D eigenvalue weighted by atomic mass is 10.0. The molecule has 0 aliphatic heterocycles. The summed E-state index contributed by atoms with van der Waals surface area (Å²) < 4.78 is 0.212. The second kappa shape index (κ2) is 4.48. The van der Waals surface area contributed by atoms with Gasteiger partial charge in [-0.2, -0.15) is 0 Å². The van der Waals surface area contributed by atoms with Crippen molar-refractivity contribution in [1.29, 1.82) is 0 Å². The van der Waals surface area contributed by atoms with Crippen molar-refractivity contribution in [1.82, 2.24) is 0 Å². The van der Waals surface area contributed by atoms with Gasteiger partial charge in [0.1, 0.15) is 0 Å². The summed E-state index contributed by atoms with van der Waals surface area (Å²) in [5.41, 5.74) is 8.22. The van der Waals surface area contributed by atoms with Crippen LogP contribution in [-0.2, 0) is 0 Å². The quantitative estimate of drug-likeness (QED) is 0.598. The molecule has 0 radical (unpaired) electrons. The van der Waals surface area contributed by atoms with Gasteiger partial charge in [0.25, 0.3) is 0 Å². The third-order valence-corrected chi connectivity index (χ3v) is 3.31. The lowest BCUT2D eigenvalue weighted by Crippen LogP contribution is -2.08. The number of nitrogen functional groups attached to an aromatic ring is 1. The molecular formula is C13H21NS. The molecule has 2 heteroatoms. The zero-order valence-corrected chi connectivity index (χ0v) is 11.1. The zero-order chi connectivity index (χ0) is 11.6. The minimum atomic E-state index is 0.212. The van der Waals surface area contributed by atoms with E-state index in [1.54, 1.807) is 0 Å². The fourth-order valence-corrected chi connectivity index (χ4v) is 2.37. The molecule has 0 aliphatic rings. The molecule has 0 amide bonds. The fourth-order valence-electron chi connectivity index (χ4n) is 1.33. The lowest BCUT2D eigenvalue weighted by Gasteiger charge is -2.20. The monoisotopic (exact) mass is 223 g/mol. The van der Waals surface area contributed by atoms with Gasteiger partial charge in [-0.25, -0.2) is 0 Å². The van der Waals surface area contributed by atoms with E-state index in [1.165, 1.54) is 10.5 Å². The molecule has 0 aliphatic carbocycles. The van der Waals surface area contributed by atoms with E-state index in [2.05, 4.69) is 46.8 Å². The molecule has 0 atom stereocenters. The summed E-state index contributed by atoms with van der Waals surface area (Å²) in [5, 5.41) is 0. The Hall–Kier alpha value is -0.630. The highest BCUT2D eigenvalue weighted by atomic mass is 32.2. The van der Waals surface area contributed by atoms with Crippen molar-refractivity contribution in [3.63, 3.8) is 0 Å². The molecule has 0 bridgehead atoms.